The number of cyclic esters (lactones) is 1. The zero-order chi connectivity index (χ0) is 28.1. The summed E-state index contributed by atoms with van der Waals surface area (Å²) < 4.78 is 4.59. The Morgan fingerprint density at radius 2 is 1.73 bits per heavy atom. The van der Waals surface area contributed by atoms with Crippen molar-refractivity contribution < 1.29 is 24.2 Å². The van der Waals surface area contributed by atoms with E-state index in [4.69, 9.17) is 4.74 Å². The first-order valence-electron chi connectivity index (χ1n) is 14.0. The average Bonchev–Trinajstić information content (AvgIpc) is 3.37. The number of hydrogen-bond acceptors (Lipinski definition) is 6. The molecule has 2 fully saturated rings. The van der Waals surface area contributed by atoms with E-state index in [0.717, 1.165) is 22.0 Å². The maximum absolute atomic E-state index is 14.8. The van der Waals surface area contributed by atoms with Crippen molar-refractivity contribution in [3.63, 3.8) is 0 Å². The summed E-state index contributed by atoms with van der Waals surface area (Å²) in [4.78, 5) is 46.0. The number of likely N-dealkylation sites (tertiary alicyclic amines) is 1. The molecular weight excluding hydrogens is 536 g/mol. The number of benzene rings is 3. The molecule has 2 amide bonds. The number of carbonyl (C=O) groups is 3. The number of aliphatic hydroxyl groups excluding tert-OH is 1. The number of hydrogen-bond donors (Lipinski definition) is 1. The monoisotopic (exact) mass is 566 g/mol. The summed E-state index contributed by atoms with van der Waals surface area (Å²) in [5.41, 5.74) is 1.47. The molecule has 4 aliphatic heterocycles. The van der Waals surface area contributed by atoms with Crippen LogP contribution in [0.2, 0.25) is 0 Å². The van der Waals surface area contributed by atoms with Crippen molar-refractivity contribution >= 4 is 46.0 Å². The Morgan fingerprint density at radius 1 is 0.951 bits per heavy atom. The van der Waals surface area contributed by atoms with Crippen LogP contribution >= 0.6 is 11.8 Å². The lowest BCUT2D eigenvalue weighted by atomic mass is 9.78. The SMILES string of the molecule is O=C1OCCC=C[C@@H]2S[C@]34C=CCN(c5ccc6ccccc6c5)C(=O)C3N([C@H](CO)c3ccccc3)C(=O)[C@@H]4[C@H]12. The van der Waals surface area contributed by atoms with Crippen LogP contribution in [0.15, 0.2) is 97.1 Å². The molecule has 4 heterocycles. The Kier molecular flexibility index (Phi) is 6.47. The Morgan fingerprint density at radius 3 is 2.54 bits per heavy atom. The summed E-state index contributed by atoms with van der Waals surface area (Å²) in [5, 5.41) is 12.5. The van der Waals surface area contributed by atoms with Crippen LogP contribution in [0.5, 0.6) is 0 Å². The molecule has 3 aromatic carbocycles. The molecule has 7 rings (SSSR count). The third-order valence-electron chi connectivity index (χ3n) is 8.80. The van der Waals surface area contributed by atoms with E-state index in [-0.39, 0.29) is 30.3 Å². The van der Waals surface area contributed by atoms with Gasteiger partial charge in [-0.25, -0.2) is 0 Å². The predicted molar refractivity (Wildman–Crippen MR) is 158 cm³/mol. The van der Waals surface area contributed by atoms with Crippen LogP contribution in [0, 0.1) is 11.8 Å². The van der Waals surface area contributed by atoms with Crippen molar-refractivity contribution in [3.05, 3.63) is 103 Å². The Bertz CT molecular complexity index is 1590. The number of fused-ring (bicyclic) bond motifs is 3. The van der Waals surface area contributed by atoms with Crippen LogP contribution in [0.4, 0.5) is 5.69 Å². The maximum atomic E-state index is 14.8. The average molecular weight is 567 g/mol. The fourth-order valence-electron chi connectivity index (χ4n) is 6.99. The van der Waals surface area contributed by atoms with Crippen LogP contribution in [0.25, 0.3) is 10.8 Å². The molecular formula is C33H30N2O5S. The van der Waals surface area contributed by atoms with Gasteiger partial charge in [0.05, 0.1) is 35.8 Å². The largest absolute Gasteiger partial charge is 0.465 e. The lowest BCUT2D eigenvalue weighted by Gasteiger charge is -2.38. The molecule has 4 aliphatic rings. The van der Waals surface area contributed by atoms with Gasteiger partial charge in [-0.3, -0.25) is 14.4 Å². The van der Waals surface area contributed by atoms with Gasteiger partial charge in [0.2, 0.25) is 5.91 Å². The highest BCUT2D eigenvalue weighted by Crippen LogP contribution is 2.62. The van der Waals surface area contributed by atoms with Gasteiger partial charge in [-0.2, -0.15) is 0 Å². The van der Waals surface area contributed by atoms with Crippen molar-refractivity contribution in [3.8, 4) is 0 Å². The molecule has 2 saturated heterocycles. The summed E-state index contributed by atoms with van der Waals surface area (Å²) in [6.45, 7) is 0.235. The minimum Gasteiger partial charge on any atom is -0.465 e. The standard InChI is InChI=1S/C33H30N2O5S/c36-20-25(22-10-2-1-3-11-22)35-29-31(38)34(24-15-14-21-9-4-5-12-23(21)19-24)17-8-16-33(29)28(30(35)37)27-26(41-33)13-6-7-18-40-32(27)39/h1-6,8-16,19,25-29,36H,7,17-18,20H2/t25-,26+,27-,28+,29?,33+/m1/s1. The number of ether oxygens (including phenoxy) is 1. The molecule has 8 heteroatoms. The highest BCUT2D eigenvalue weighted by molar-refractivity contribution is 8.02. The number of anilines is 1. The van der Waals surface area contributed by atoms with Crippen LogP contribution < -0.4 is 4.90 Å². The molecule has 3 aromatic rings. The first-order valence-corrected chi connectivity index (χ1v) is 14.9. The predicted octanol–water partition coefficient (Wildman–Crippen LogP) is 4.28. The van der Waals surface area contributed by atoms with Gasteiger partial charge in [-0.05, 0) is 34.9 Å². The first-order chi connectivity index (χ1) is 20.0. The lowest BCUT2D eigenvalue weighted by Crippen LogP contribution is -2.54. The summed E-state index contributed by atoms with van der Waals surface area (Å²) in [6, 6.07) is 21.5. The number of thioether (sulfide) groups is 1. The summed E-state index contributed by atoms with van der Waals surface area (Å²) in [5.74, 6) is -2.46. The molecule has 0 aromatic heterocycles. The molecule has 0 radical (unpaired) electrons. The number of rotatable bonds is 4. The molecule has 1 N–H and O–H groups in total. The van der Waals surface area contributed by atoms with Crippen LogP contribution in [-0.2, 0) is 19.1 Å². The summed E-state index contributed by atoms with van der Waals surface area (Å²) in [6.07, 6.45) is 8.55. The number of aliphatic hydroxyl groups is 1. The third kappa shape index (κ3) is 4.03. The quantitative estimate of drug-likeness (QED) is 0.375. The van der Waals surface area contributed by atoms with E-state index in [1.165, 1.54) is 11.8 Å². The number of amides is 2. The second-order valence-corrected chi connectivity index (χ2v) is 12.5. The molecule has 0 saturated carbocycles. The second kappa shape index (κ2) is 10.2. The van der Waals surface area contributed by atoms with E-state index in [1.54, 1.807) is 9.80 Å². The van der Waals surface area contributed by atoms with Gasteiger partial charge in [0, 0.05) is 17.5 Å². The molecule has 208 valence electrons. The van der Waals surface area contributed by atoms with Crippen molar-refractivity contribution in [2.75, 3.05) is 24.7 Å². The second-order valence-electron chi connectivity index (χ2n) is 11.0. The summed E-state index contributed by atoms with van der Waals surface area (Å²) in [7, 11) is 0. The van der Waals surface area contributed by atoms with Gasteiger partial charge >= 0.3 is 5.97 Å². The van der Waals surface area contributed by atoms with Gasteiger partial charge < -0.3 is 19.6 Å². The minimum atomic E-state index is -0.995. The first kappa shape index (κ1) is 26.0. The molecule has 6 atom stereocenters. The fraction of sp³-hybridized carbons (Fsp3) is 0.303. The van der Waals surface area contributed by atoms with Crippen LogP contribution in [0.1, 0.15) is 18.0 Å². The van der Waals surface area contributed by atoms with Gasteiger partial charge in [0.25, 0.3) is 5.91 Å². The van der Waals surface area contributed by atoms with E-state index in [1.807, 2.05) is 97.1 Å². The van der Waals surface area contributed by atoms with Crippen LogP contribution in [-0.4, -0.2) is 63.6 Å². The van der Waals surface area contributed by atoms with Gasteiger partial charge in [-0.1, -0.05) is 85.0 Å². The molecule has 41 heavy (non-hydrogen) atoms. The van der Waals surface area contributed by atoms with E-state index in [2.05, 4.69) is 0 Å². The van der Waals surface area contributed by atoms with E-state index in [9.17, 15) is 19.5 Å². The molecule has 0 bridgehead atoms. The van der Waals surface area contributed by atoms with Crippen molar-refractivity contribution in [1.82, 2.24) is 4.90 Å². The number of esters is 1. The minimum absolute atomic E-state index is 0.227. The Labute approximate surface area is 242 Å². The molecule has 1 spiro atoms. The topological polar surface area (TPSA) is 87.2 Å². The number of nitrogens with zero attached hydrogens (tertiary/aromatic N) is 2. The zero-order valence-electron chi connectivity index (χ0n) is 22.3. The van der Waals surface area contributed by atoms with Gasteiger partial charge in [0.15, 0.2) is 0 Å². The van der Waals surface area contributed by atoms with Gasteiger partial charge in [0.1, 0.15) is 6.04 Å². The third-order valence-corrected chi connectivity index (χ3v) is 10.5. The molecule has 7 nitrogen and oxygen atoms in total. The fourth-order valence-corrected chi connectivity index (χ4v) is 8.98. The van der Waals surface area contributed by atoms with E-state index in [0.29, 0.717) is 13.0 Å². The van der Waals surface area contributed by atoms with E-state index < -0.39 is 34.6 Å². The van der Waals surface area contributed by atoms with E-state index >= 15 is 0 Å². The van der Waals surface area contributed by atoms with Crippen molar-refractivity contribution in [2.45, 2.75) is 28.5 Å². The van der Waals surface area contributed by atoms with Gasteiger partial charge in [-0.15, -0.1) is 11.8 Å². The van der Waals surface area contributed by atoms with Crippen molar-refractivity contribution in [1.29, 1.82) is 0 Å². The summed E-state index contributed by atoms with van der Waals surface area (Å²) >= 11 is 1.50. The highest BCUT2D eigenvalue weighted by Gasteiger charge is 2.72. The van der Waals surface area contributed by atoms with Crippen LogP contribution in [0.3, 0.4) is 0 Å². The normalized spacial score (nSPS) is 29.8. The molecule has 0 aliphatic carbocycles. The maximum Gasteiger partial charge on any atom is 0.311 e. The molecule has 1 unspecified atom stereocenters. The lowest BCUT2D eigenvalue weighted by molar-refractivity contribution is -0.153. The number of carbonyl (C=O) groups excluding carboxylic acids is 3. The Balaban J connectivity index is 1.38. The Hall–Kier alpha value is -3.88. The smallest absolute Gasteiger partial charge is 0.311 e. The highest BCUT2D eigenvalue weighted by atomic mass is 32.2. The van der Waals surface area contributed by atoms with Crippen molar-refractivity contribution in [2.24, 2.45) is 11.8 Å². The zero-order valence-corrected chi connectivity index (χ0v) is 23.2.